The van der Waals surface area contributed by atoms with Crippen LogP contribution in [0.25, 0.3) is 11.3 Å². The molecule has 0 fully saturated rings. The molecule has 0 saturated carbocycles. The Hall–Kier alpha value is -3.37. The monoisotopic (exact) mass is 427 g/mol. The Kier molecular flexibility index (Phi) is 4.87. The number of H-pyrrole nitrogens is 1. The number of carbonyl (C=O) groups excluding carboxylic acids is 1. The lowest BCUT2D eigenvalue weighted by atomic mass is 9.95. The largest absolute Gasteiger partial charge is 0.322 e. The molecule has 5 rings (SSSR count). The number of fused-ring (bicyclic) bond motifs is 1. The minimum absolute atomic E-state index is 0.0404. The second-order valence-corrected chi connectivity index (χ2v) is 8.54. The number of hydrogen-bond acceptors (Lipinski definition) is 2. The lowest BCUT2D eigenvalue weighted by molar-refractivity contribution is 0.0730. The van der Waals surface area contributed by atoms with Crippen LogP contribution in [0.2, 0.25) is 5.02 Å². The average molecular weight is 428 g/mol. The highest BCUT2D eigenvalue weighted by Gasteiger charge is 2.42. The minimum atomic E-state index is -0.214. The van der Waals surface area contributed by atoms with Crippen molar-refractivity contribution in [2.75, 3.05) is 0 Å². The molecule has 2 heterocycles. The van der Waals surface area contributed by atoms with E-state index in [2.05, 4.69) is 72.6 Å². The first kappa shape index (κ1) is 19.6. The third-order valence-corrected chi connectivity index (χ3v) is 6.10. The van der Waals surface area contributed by atoms with E-state index in [1.54, 1.807) is 0 Å². The van der Waals surface area contributed by atoms with Crippen molar-refractivity contribution >= 4 is 17.5 Å². The van der Waals surface area contributed by atoms with Crippen LogP contribution in [-0.4, -0.2) is 21.0 Å². The number of nitrogens with zero attached hydrogens (tertiary/aromatic N) is 2. The third kappa shape index (κ3) is 3.53. The minimum Gasteiger partial charge on any atom is -0.322 e. The van der Waals surface area contributed by atoms with Gasteiger partial charge in [0.2, 0.25) is 0 Å². The Morgan fingerprint density at radius 3 is 2.16 bits per heavy atom. The van der Waals surface area contributed by atoms with Crippen LogP contribution in [0.1, 0.15) is 44.3 Å². The Morgan fingerprint density at radius 1 is 0.903 bits per heavy atom. The average Bonchev–Trinajstić information content (AvgIpc) is 3.31. The van der Waals surface area contributed by atoms with Crippen molar-refractivity contribution in [3.05, 3.63) is 111 Å². The number of carbonyl (C=O) groups is 1. The fourth-order valence-electron chi connectivity index (χ4n) is 4.17. The van der Waals surface area contributed by atoms with E-state index in [4.69, 9.17) is 11.6 Å². The number of benzene rings is 3. The highest BCUT2D eigenvalue weighted by molar-refractivity contribution is 6.30. The van der Waals surface area contributed by atoms with E-state index in [1.165, 1.54) is 11.1 Å². The van der Waals surface area contributed by atoms with Gasteiger partial charge in [0.15, 0.2) is 0 Å². The Labute approximate surface area is 186 Å². The topological polar surface area (TPSA) is 49.0 Å². The molecule has 4 nitrogen and oxygen atoms in total. The van der Waals surface area contributed by atoms with Crippen LogP contribution in [0.3, 0.4) is 0 Å². The molecule has 0 radical (unpaired) electrons. The molecule has 0 saturated heterocycles. The maximum atomic E-state index is 13.4. The molecule has 1 unspecified atom stereocenters. The Balaban J connectivity index is 1.63. The lowest BCUT2D eigenvalue weighted by Gasteiger charge is -2.26. The maximum Gasteiger partial charge on any atom is 0.273 e. The summed E-state index contributed by atoms with van der Waals surface area (Å²) in [6, 6.07) is 24.1. The molecule has 1 aromatic heterocycles. The Bertz CT molecular complexity index is 1240. The van der Waals surface area contributed by atoms with Crippen molar-refractivity contribution in [1.82, 2.24) is 15.1 Å². The van der Waals surface area contributed by atoms with Crippen molar-refractivity contribution in [3.63, 3.8) is 0 Å². The van der Waals surface area contributed by atoms with Gasteiger partial charge in [-0.1, -0.05) is 83.4 Å². The summed E-state index contributed by atoms with van der Waals surface area (Å²) >= 11 is 6.06. The molecule has 31 heavy (non-hydrogen) atoms. The van der Waals surface area contributed by atoms with Crippen LogP contribution in [0, 0.1) is 13.8 Å². The van der Waals surface area contributed by atoms with Crippen molar-refractivity contribution in [2.45, 2.75) is 26.4 Å². The second kappa shape index (κ2) is 7.71. The molecular formula is C26H22ClN3O. The molecule has 1 atom stereocenters. The summed E-state index contributed by atoms with van der Waals surface area (Å²) < 4.78 is 0. The zero-order chi connectivity index (χ0) is 21.5. The number of hydrogen-bond donors (Lipinski definition) is 1. The van der Waals surface area contributed by atoms with Gasteiger partial charge in [0.25, 0.3) is 5.91 Å². The van der Waals surface area contributed by atoms with E-state index in [0.29, 0.717) is 17.3 Å². The van der Waals surface area contributed by atoms with Gasteiger partial charge in [-0.2, -0.15) is 5.10 Å². The zero-order valence-electron chi connectivity index (χ0n) is 17.4. The van der Waals surface area contributed by atoms with E-state index in [0.717, 1.165) is 27.9 Å². The number of aromatic nitrogens is 2. The van der Waals surface area contributed by atoms with Crippen LogP contribution in [-0.2, 0) is 6.54 Å². The van der Waals surface area contributed by atoms with Gasteiger partial charge in [0.1, 0.15) is 5.69 Å². The second-order valence-electron chi connectivity index (χ2n) is 8.10. The van der Waals surface area contributed by atoms with E-state index in [-0.39, 0.29) is 11.9 Å². The van der Waals surface area contributed by atoms with Gasteiger partial charge in [0, 0.05) is 22.7 Å². The zero-order valence-corrected chi connectivity index (χ0v) is 18.1. The molecule has 1 N–H and O–H groups in total. The van der Waals surface area contributed by atoms with Crippen LogP contribution >= 0.6 is 11.6 Å². The molecule has 3 aromatic carbocycles. The van der Waals surface area contributed by atoms with Crippen molar-refractivity contribution < 1.29 is 4.79 Å². The normalized spacial score (nSPS) is 15.4. The molecular weight excluding hydrogens is 406 g/mol. The molecule has 0 bridgehead atoms. The Morgan fingerprint density at radius 2 is 1.52 bits per heavy atom. The SMILES string of the molecule is Cc1ccc(-c2n[nH]c3c2C(c2ccc(C)cc2)N(Cc2ccc(Cl)cc2)C3=O)cc1. The predicted octanol–water partition coefficient (Wildman–Crippen LogP) is 6.09. The van der Waals surface area contributed by atoms with Gasteiger partial charge in [-0.25, -0.2) is 0 Å². The number of rotatable bonds is 4. The fourth-order valence-corrected chi connectivity index (χ4v) is 4.30. The van der Waals surface area contributed by atoms with E-state index in [9.17, 15) is 4.79 Å². The number of aryl methyl sites for hydroxylation is 2. The van der Waals surface area contributed by atoms with Crippen molar-refractivity contribution in [2.24, 2.45) is 0 Å². The first-order chi connectivity index (χ1) is 15.0. The summed E-state index contributed by atoms with van der Waals surface area (Å²) in [5, 5.41) is 8.25. The fraction of sp³-hybridized carbons (Fsp3) is 0.154. The number of halogens is 1. The number of amides is 1. The van der Waals surface area contributed by atoms with Crippen molar-refractivity contribution in [1.29, 1.82) is 0 Å². The van der Waals surface area contributed by atoms with Crippen molar-refractivity contribution in [3.8, 4) is 11.3 Å². The summed E-state index contributed by atoms with van der Waals surface area (Å²) in [5.74, 6) is -0.0404. The van der Waals surface area contributed by atoms with Crippen LogP contribution < -0.4 is 0 Å². The van der Waals surface area contributed by atoms with Gasteiger partial charge in [-0.15, -0.1) is 0 Å². The van der Waals surface area contributed by atoms with Crippen LogP contribution in [0.5, 0.6) is 0 Å². The predicted molar refractivity (Wildman–Crippen MR) is 123 cm³/mol. The molecule has 154 valence electrons. The van der Waals surface area contributed by atoms with Gasteiger partial charge in [0.05, 0.1) is 11.7 Å². The molecule has 0 spiro atoms. The van der Waals surface area contributed by atoms with E-state index in [1.807, 2.05) is 29.2 Å². The van der Waals surface area contributed by atoms with Gasteiger partial charge < -0.3 is 4.90 Å². The number of aromatic amines is 1. The van der Waals surface area contributed by atoms with Gasteiger partial charge in [-0.3, -0.25) is 9.89 Å². The van der Waals surface area contributed by atoms with E-state index >= 15 is 0 Å². The summed E-state index contributed by atoms with van der Waals surface area (Å²) in [6.45, 7) is 4.62. The first-order valence-corrected chi connectivity index (χ1v) is 10.7. The smallest absolute Gasteiger partial charge is 0.273 e. The molecule has 1 amide bonds. The standard InChI is InChI=1S/C26H22ClN3O/c1-16-3-9-19(10-4-16)23-22-24(29-28-23)26(31)30(15-18-7-13-21(27)14-8-18)25(22)20-11-5-17(2)6-12-20/h3-14,25H,15H2,1-2H3,(H,28,29). The summed E-state index contributed by atoms with van der Waals surface area (Å²) in [5.41, 5.74) is 7.80. The lowest BCUT2D eigenvalue weighted by Crippen LogP contribution is -2.29. The van der Waals surface area contributed by atoms with Crippen LogP contribution in [0.15, 0.2) is 72.8 Å². The molecule has 4 aromatic rings. The highest BCUT2D eigenvalue weighted by Crippen LogP contribution is 2.43. The highest BCUT2D eigenvalue weighted by atomic mass is 35.5. The van der Waals surface area contributed by atoms with Crippen LogP contribution in [0.4, 0.5) is 0 Å². The van der Waals surface area contributed by atoms with E-state index < -0.39 is 0 Å². The summed E-state index contributed by atoms with van der Waals surface area (Å²) in [4.78, 5) is 15.4. The molecule has 5 heteroatoms. The maximum absolute atomic E-state index is 13.4. The number of nitrogens with one attached hydrogen (secondary N) is 1. The van der Waals surface area contributed by atoms with Gasteiger partial charge in [-0.05, 0) is 37.1 Å². The third-order valence-electron chi connectivity index (χ3n) is 5.85. The first-order valence-electron chi connectivity index (χ1n) is 10.3. The molecule has 1 aliphatic heterocycles. The molecule has 1 aliphatic rings. The van der Waals surface area contributed by atoms with Gasteiger partial charge >= 0.3 is 0 Å². The quantitative estimate of drug-likeness (QED) is 0.428. The molecule has 0 aliphatic carbocycles. The summed E-state index contributed by atoms with van der Waals surface area (Å²) in [6.07, 6.45) is 0. The summed E-state index contributed by atoms with van der Waals surface area (Å²) in [7, 11) is 0.